The van der Waals surface area contributed by atoms with Gasteiger partial charge in [-0.2, -0.15) is 5.10 Å². The molecule has 4 atom stereocenters. The van der Waals surface area contributed by atoms with Crippen LogP contribution in [0.1, 0.15) is 67.0 Å². The number of aliphatic hydroxyl groups is 1. The fourth-order valence-corrected chi connectivity index (χ4v) is 6.07. The highest BCUT2D eigenvalue weighted by Crippen LogP contribution is 2.31. The highest BCUT2D eigenvalue weighted by atomic mass is 35.5. The summed E-state index contributed by atoms with van der Waals surface area (Å²) in [5, 5.41) is 14.3. The van der Waals surface area contributed by atoms with E-state index in [1.807, 2.05) is 19.1 Å². The van der Waals surface area contributed by atoms with Gasteiger partial charge in [-0.25, -0.2) is 14.6 Å². The molecule has 11 nitrogen and oxygen atoms in total. The van der Waals surface area contributed by atoms with Crippen molar-refractivity contribution in [3.8, 4) is 0 Å². The molecule has 3 heterocycles. The van der Waals surface area contributed by atoms with Crippen molar-refractivity contribution in [1.29, 1.82) is 0 Å². The number of aryl methyl sites for hydroxylation is 1. The van der Waals surface area contributed by atoms with E-state index in [0.717, 1.165) is 53.7 Å². The van der Waals surface area contributed by atoms with Gasteiger partial charge >= 0.3 is 11.9 Å². The van der Waals surface area contributed by atoms with Crippen LogP contribution in [-0.2, 0) is 36.7 Å². The van der Waals surface area contributed by atoms with Crippen molar-refractivity contribution in [3.05, 3.63) is 69.8 Å². The van der Waals surface area contributed by atoms with Crippen molar-refractivity contribution < 1.29 is 33.6 Å². The molecule has 12 heteroatoms. The van der Waals surface area contributed by atoms with Gasteiger partial charge in [-0.15, -0.1) is 0 Å². The summed E-state index contributed by atoms with van der Waals surface area (Å²) >= 11 is 6.48. The largest absolute Gasteiger partial charge is 0.454 e. The number of benzene rings is 1. The molecular formula is C32H39ClN4O7. The second-order valence-electron chi connectivity index (χ2n) is 11.1. The molecule has 0 amide bonds. The molecule has 5 rings (SSSR count). The first kappa shape index (κ1) is 31.9. The van der Waals surface area contributed by atoms with Gasteiger partial charge in [0.2, 0.25) is 0 Å². The van der Waals surface area contributed by atoms with Crippen LogP contribution >= 0.6 is 11.6 Å². The first-order chi connectivity index (χ1) is 21.3. The lowest BCUT2D eigenvalue weighted by Crippen LogP contribution is -2.35. The van der Waals surface area contributed by atoms with E-state index in [-0.39, 0.29) is 24.1 Å². The molecule has 1 aromatic heterocycles. The van der Waals surface area contributed by atoms with Gasteiger partial charge in [-0.05, 0) is 42.9 Å². The zero-order chi connectivity index (χ0) is 31.2. The molecule has 2 aromatic rings. The smallest absolute Gasteiger partial charge is 0.358 e. The first-order valence-corrected chi connectivity index (χ1v) is 15.4. The Morgan fingerprint density at radius 1 is 1.16 bits per heavy atom. The van der Waals surface area contributed by atoms with Crippen LogP contribution in [0.5, 0.6) is 0 Å². The Kier molecular flexibility index (Phi) is 10.5. The summed E-state index contributed by atoms with van der Waals surface area (Å²) in [6.07, 6.45) is 6.30. The van der Waals surface area contributed by atoms with E-state index < -0.39 is 43.0 Å². The summed E-state index contributed by atoms with van der Waals surface area (Å²) in [5.41, 5.74) is 8.16. The van der Waals surface area contributed by atoms with Gasteiger partial charge in [-0.3, -0.25) is 0 Å². The van der Waals surface area contributed by atoms with Gasteiger partial charge in [-0.1, -0.05) is 61.4 Å². The van der Waals surface area contributed by atoms with Crippen LogP contribution in [-0.4, -0.2) is 83.6 Å². The fraction of sp³-hybridized carbons (Fsp3) is 0.500. The average molecular weight is 627 g/mol. The van der Waals surface area contributed by atoms with Gasteiger partial charge in [0.25, 0.3) is 0 Å². The zero-order valence-corrected chi connectivity index (χ0v) is 26.0. The maximum atomic E-state index is 13.3. The number of allylic oxidation sites excluding steroid dienone is 4. The van der Waals surface area contributed by atoms with Crippen LogP contribution < -0.4 is 5.43 Å². The molecule has 2 N–H and O–H groups in total. The molecular weight excluding hydrogens is 588 g/mol. The second kappa shape index (κ2) is 14.5. The van der Waals surface area contributed by atoms with E-state index >= 15 is 0 Å². The SMILES string of the molecule is CCCCc1nc(Cl)c(C(=O)OCC(=O)O[C@H]2COC3[C@H](O)CO[C@@H]32)n1Cc1ccc(C2=CCCC=C2/C(C)=N/NC)cc1. The Labute approximate surface area is 261 Å². The predicted molar refractivity (Wildman–Crippen MR) is 165 cm³/mol. The molecule has 2 aliphatic heterocycles. The summed E-state index contributed by atoms with van der Waals surface area (Å²) in [6.45, 7) is 4.02. The minimum absolute atomic E-state index is 0.0212. The quantitative estimate of drug-likeness (QED) is 0.205. The molecule has 0 saturated carbocycles. The Hall–Kier alpha value is -3.51. The number of esters is 2. The van der Waals surface area contributed by atoms with Crippen LogP contribution in [0, 0.1) is 0 Å². The number of ether oxygens (including phenoxy) is 4. The van der Waals surface area contributed by atoms with E-state index in [9.17, 15) is 14.7 Å². The van der Waals surface area contributed by atoms with Gasteiger partial charge in [0.05, 0.1) is 18.9 Å². The summed E-state index contributed by atoms with van der Waals surface area (Å²) in [7, 11) is 1.79. The van der Waals surface area contributed by atoms with Crippen molar-refractivity contribution in [2.75, 3.05) is 26.9 Å². The number of unbranched alkanes of at least 4 members (excludes halogenated alkanes) is 1. The maximum absolute atomic E-state index is 13.3. The van der Waals surface area contributed by atoms with E-state index in [1.54, 1.807) is 11.6 Å². The number of carbonyl (C=O) groups is 2. The van der Waals surface area contributed by atoms with Crippen molar-refractivity contribution in [2.45, 2.75) is 76.9 Å². The Bertz CT molecular complexity index is 1450. The Morgan fingerprint density at radius 2 is 1.91 bits per heavy atom. The molecule has 1 unspecified atom stereocenters. The number of fused-ring (bicyclic) bond motifs is 1. The van der Waals surface area contributed by atoms with E-state index in [0.29, 0.717) is 18.8 Å². The minimum atomic E-state index is -0.770. The van der Waals surface area contributed by atoms with Gasteiger partial charge in [0, 0.05) is 25.6 Å². The number of hydrazone groups is 1. The number of aromatic nitrogens is 2. The zero-order valence-electron chi connectivity index (χ0n) is 25.3. The number of aliphatic hydroxyl groups excluding tert-OH is 1. The van der Waals surface area contributed by atoms with Crippen molar-refractivity contribution in [1.82, 2.24) is 15.0 Å². The first-order valence-electron chi connectivity index (χ1n) is 15.0. The third kappa shape index (κ3) is 7.07. The number of nitrogens with zero attached hydrogens (tertiary/aromatic N) is 3. The number of carbonyl (C=O) groups excluding carboxylic acids is 2. The molecule has 0 spiro atoms. The third-order valence-electron chi connectivity index (χ3n) is 7.97. The highest BCUT2D eigenvalue weighted by Gasteiger charge is 2.49. The highest BCUT2D eigenvalue weighted by molar-refractivity contribution is 6.32. The van der Waals surface area contributed by atoms with Crippen LogP contribution in [0.4, 0.5) is 0 Å². The van der Waals surface area contributed by atoms with Crippen molar-refractivity contribution >= 4 is 34.8 Å². The molecule has 236 valence electrons. The molecule has 0 bridgehead atoms. The summed E-state index contributed by atoms with van der Waals surface area (Å²) in [6, 6.07) is 8.18. The summed E-state index contributed by atoms with van der Waals surface area (Å²) < 4.78 is 23.5. The molecule has 0 radical (unpaired) electrons. The predicted octanol–water partition coefficient (Wildman–Crippen LogP) is 3.85. The number of imidazole rings is 1. The van der Waals surface area contributed by atoms with Crippen molar-refractivity contribution in [3.63, 3.8) is 0 Å². The van der Waals surface area contributed by atoms with Crippen LogP contribution in [0.15, 0.2) is 47.1 Å². The lowest BCUT2D eigenvalue weighted by molar-refractivity contribution is -0.157. The summed E-state index contributed by atoms with van der Waals surface area (Å²) in [5.74, 6) is -0.851. The van der Waals surface area contributed by atoms with Crippen LogP contribution in [0.2, 0.25) is 5.15 Å². The van der Waals surface area contributed by atoms with Crippen LogP contribution in [0.25, 0.3) is 5.57 Å². The number of hydrogen-bond acceptors (Lipinski definition) is 10. The van der Waals surface area contributed by atoms with Gasteiger partial charge in [0.15, 0.2) is 23.6 Å². The molecule has 2 fully saturated rings. The Morgan fingerprint density at radius 3 is 2.66 bits per heavy atom. The lowest BCUT2D eigenvalue weighted by Gasteiger charge is -2.18. The minimum Gasteiger partial charge on any atom is -0.454 e. The maximum Gasteiger partial charge on any atom is 0.358 e. The standard InChI is InChI=1S/C32H39ClN4O7/c1-4-5-10-26-35-31(33)28(32(40)43-18-27(39)44-25-17-42-29-24(38)16-41-30(25)29)37(26)15-20-11-13-21(14-12-20)23-9-7-6-8-22(23)19(2)36-34-3/h8-9,11-14,24-25,29-30,34,38H,4-7,10,15-18H2,1-3H3/b36-19+/t24-,25+,29?,30-/m1/s1. The number of halogens is 1. The van der Waals surface area contributed by atoms with Gasteiger partial charge < -0.3 is 34.0 Å². The monoisotopic (exact) mass is 626 g/mol. The second-order valence-corrected chi connectivity index (χ2v) is 11.4. The molecule has 1 aliphatic carbocycles. The number of nitrogens with one attached hydrogen (secondary N) is 1. The fourth-order valence-electron chi connectivity index (χ4n) is 5.79. The number of rotatable bonds is 12. The van der Waals surface area contributed by atoms with Crippen LogP contribution in [0.3, 0.4) is 0 Å². The van der Waals surface area contributed by atoms with E-state index in [2.05, 4.69) is 46.7 Å². The molecule has 2 saturated heterocycles. The van der Waals surface area contributed by atoms with E-state index in [4.69, 9.17) is 30.5 Å². The van der Waals surface area contributed by atoms with Gasteiger partial charge in [0.1, 0.15) is 24.1 Å². The molecule has 3 aliphatic rings. The normalized spacial score (nSPS) is 23.2. The average Bonchev–Trinajstić information content (AvgIpc) is 3.69. The third-order valence-corrected chi connectivity index (χ3v) is 8.23. The topological polar surface area (TPSA) is 134 Å². The molecule has 44 heavy (non-hydrogen) atoms. The molecule has 1 aromatic carbocycles. The van der Waals surface area contributed by atoms with E-state index in [1.165, 1.54) is 0 Å². The Balaban J connectivity index is 1.28. The summed E-state index contributed by atoms with van der Waals surface area (Å²) in [4.78, 5) is 30.3. The van der Waals surface area contributed by atoms with Crippen molar-refractivity contribution in [2.24, 2.45) is 5.10 Å². The lowest BCUT2D eigenvalue weighted by atomic mass is 9.89. The number of hydrogen-bond donors (Lipinski definition) is 2.